The van der Waals surface area contributed by atoms with Crippen LogP contribution in [0.2, 0.25) is 0 Å². The van der Waals surface area contributed by atoms with Gasteiger partial charge >= 0.3 is 5.97 Å². The SMILES string of the molecule is COC(=O)[C@]12C=CO[C@H]1CC=C(C)C2. The first kappa shape index (κ1) is 9.31. The molecule has 0 spiro atoms. The second-order valence-electron chi connectivity index (χ2n) is 3.92. The predicted molar refractivity (Wildman–Crippen MR) is 51.5 cm³/mol. The molecule has 1 aliphatic heterocycles. The summed E-state index contributed by atoms with van der Waals surface area (Å²) in [6.07, 6.45) is 7.00. The van der Waals surface area contributed by atoms with Gasteiger partial charge in [0.25, 0.3) is 0 Å². The van der Waals surface area contributed by atoms with E-state index in [1.807, 2.05) is 13.0 Å². The van der Waals surface area contributed by atoms with Crippen LogP contribution in [-0.2, 0) is 14.3 Å². The normalized spacial score (nSPS) is 34.4. The molecular formula is C11H14O3. The number of hydrogen-bond donors (Lipinski definition) is 0. The van der Waals surface area contributed by atoms with E-state index >= 15 is 0 Å². The minimum absolute atomic E-state index is 0.0707. The molecule has 0 amide bonds. The van der Waals surface area contributed by atoms with Crippen LogP contribution in [0, 0.1) is 5.41 Å². The summed E-state index contributed by atoms with van der Waals surface area (Å²) in [5, 5.41) is 0. The van der Waals surface area contributed by atoms with Crippen LogP contribution < -0.4 is 0 Å². The van der Waals surface area contributed by atoms with Gasteiger partial charge in [-0.3, -0.25) is 4.79 Å². The van der Waals surface area contributed by atoms with E-state index in [0.29, 0.717) is 6.42 Å². The number of carbonyl (C=O) groups excluding carboxylic acids is 1. The summed E-state index contributed by atoms with van der Waals surface area (Å²) in [4.78, 5) is 11.7. The Labute approximate surface area is 83.4 Å². The lowest BCUT2D eigenvalue weighted by molar-refractivity contribution is -0.154. The third-order valence-electron chi connectivity index (χ3n) is 3.00. The summed E-state index contributed by atoms with van der Waals surface area (Å²) in [7, 11) is 1.42. The van der Waals surface area contributed by atoms with Gasteiger partial charge in [-0.2, -0.15) is 0 Å². The maximum absolute atomic E-state index is 11.7. The van der Waals surface area contributed by atoms with E-state index < -0.39 is 5.41 Å². The van der Waals surface area contributed by atoms with Gasteiger partial charge in [-0.15, -0.1) is 0 Å². The van der Waals surface area contributed by atoms with Crippen molar-refractivity contribution in [3.05, 3.63) is 24.0 Å². The Hall–Kier alpha value is -1.25. The largest absolute Gasteiger partial charge is 0.496 e. The van der Waals surface area contributed by atoms with Crippen LogP contribution in [0.15, 0.2) is 24.0 Å². The summed E-state index contributed by atoms with van der Waals surface area (Å²) < 4.78 is 10.3. The highest BCUT2D eigenvalue weighted by atomic mass is 16.5. The fraction of sp³-hybridized carbons (Fsp3) is 0.545. The van der Waals surface area contributed by atoms with E-state index in [2.05, 4.69) is 6.08 Å². The maximum atomic E-state index is 11.7. The van der Waals surface area contributed by atoms with Gasteiger partial charge in [0.1, 0.15) is 11.5 Å². The standard InChI is InChI=1S/C11H14O3/c1-8-3-4-9-11(7-8,5-6-14-9)10(12)13-2/h3,5-6,9H,4,7H2,1-2H3/t9-,11-/m0/s1. The van der Waals surface area contributed by atoms with Crippen molar-refractivity contribution in [2.24, 2.45) is 5.41 Å². The van der Waals surface area contributed by atoms with Crippen LogP contribution >= 0.6 is 0 Å². The van der Waals surface area contributed by atoms with Crippen molar-refractivity contribution in [2.45, 2.75) is 25.9 Å². The van der Waals surface area contributed by atoms with Gasteiger partial charge in [-0.05, 0) is 19.4 Å². The van der Waals surface area contributed by atoms with Crippen LogP contribution in [0.4, 0.5) is 0 Å². The molecule has 0 aromatic rings. The molecule has 0 bridgehead atoms. The fourth-order valence-corrected chi connectivity index (χ4v) is 2.23. The molecule has 3 nitrogen and oxygen atoms in total. The van der Waals surface area contributed by atoms with Crippen molar-refractivity contribution in [1.82, 2.24) is 0 Å². The van der Waals surface area contributed by atoms with Crippen molar-refractivity contribution >= 4 is 5.97 Å². The van der Waals surface area contributed by atoms with E-state index in [4.69, 9.17) is 9.47 Å². The molecule has 0 fully saturated rings. The number of esters is 1. The van der Waals surface area contributed by atoms with Crippen LogP contribution in [0.5, 0.6) is 0 Å². The number of methoxy groups -OCH3 is 1. The molecule has 0 aromatic heterocycles. The first-order chi connectivity index (χ1) is 6.69. The van der Waals surface area contributed by atoms with E-state index in [1.165, 1.54) is 12.7 Å². The Kier molecular flexibility index (Phi) is 2.10. The lowest BCUT2D eigenvalue weighted by Crippen LogP contribution is -2.41. The Morgan fingerprint density at radius 1 is 1.71 bits per heavy atom. The number of allylic oxidation sites excluding steroid dienone is 1. The Morgan fingerprint density at radius 2 is 2.50 bits per heavy atom. The minimum atomic E-state index is -0.562. The smallest absolute Gasteiger partial charge is 0.319 e. The zero-order valence-corrected chi connectivity index (χ0v) is 8.45. The second-order valence-corrected chi connectivity index (χ2v) is 3.92. The molecule has 0 saturated heterocycles. The molecule has 0 unspecified atom stereocenters. The van der Waals surface area contributed by atoms with E-state index in [-0.39, 0.29) is 12.1 Å². The van der Waals surface area contributed by atoms with Crippen molar-refractivity contribution in [3.8, 4) is 0 Å². The molecule has 2 atom stereocenters. The zero-order chi connectivity index (χ0) is 10.2. The molecule has 0 saturated carbocycles. The van der Waals surface area contributed by atoms with Gasteiger partial charge in [0.05, 0.1) is 13.4 Å². The Balaban J connectivity index is 2.34. The molecule has 2 rings (SSSR count). The lowest BCUT2D eigenvalue weighted by Gasteiger charge is -2.33. The first-order valence-corrected chi connectivity index (χ1v) is 4.76. The molecule has 1 aliphatic carbocycles. The average molecular weight is 194 g/mol. The van der Waals surface area contributed by atoms with Gasteiger partial charge < -0.3 is 9.47 Å². The molecule has 1 heterocycles. The summed E-state index contributed by atoms with van der Waals surface area (Å²) in [5.74, 6) is -0.191. The van der Waals surface area contributed by atoms with Crippen molar-refractivity contribution in [3.63, 3.8) is 0 Å². The van der Waals surface area contributed by atoms with Crippen LogP contribution in [0.1, 0.15) is 19.8 Å². The summed E-state index contributed by atoms with van der Waals surface area (Å²) in [6.45, 7) is 2.03. The average Bonchev–Trinajstić information content (AvgIpc) is 2.60. The quantitative estimate of drug-likeness (QED) is 0.471. The first-order valence-electron chi connectivity index (χ1n) is 4.76. The summed E-state index contributed by atoms with van der Waals surface area (Å²) in [6, 6.07) is 0. The lowest BCUT2D eigenvalue weighted by atomic mass is 9.73. The summed E-state index contributed by atoms with van der Waals surface area (Å²) in [5.41, 5.74) is 0.662. The molecule has 0 N–H and O–H groups in total. The van der Waals surface area contributed by atoms with Crippen LogP contribution in [0.3, 0.4) is 0 Å². The number of carbonyl (C=O) groups is 1. The highest BCUT2D eigenvalue weighted by molar-refractivity contribution is 5.81. The Morgan fingerprint density at radius 3 is 3.21 bits per heavy atom. The fourth-order valence-electron chi connectivity index (χ4n) is 2.23. The Bertz CT molecular complexity index is 316. The van der Waals surface area contributed by atoms with Crippen molar-refractivity contribution < 1.29 is 14.3 Å². The van der Waals surface area contributed by atoms with E-state index in [9.17, 15) is 4.79 Å². The van der Waals surface area contributed by atoms with E-state index in [1.54, 1.807) is 6.26 Å². The number of fused-ring (bicyclic) bond motifs is 1. The predicted octanol–water partition coefficient (Wildman–Crippen LogP) is 1.80. The second kappa shape index (κ2) is 3.15. The van der Waals surface area contributed by atoms with Gasteiger partial charge in [-0.1, -0.05) is 11.6 Å². The monoisotopic (exact) mass is 194 g/mol. The molecule has 2 aliphatic rings. The van der Waals surface area contributed by atoms with Crippen molar-refractivity contribution in [1.29, 1.82) is 0 Å². The number of ether oxygens (including phenoxy) is 2. The van der Waals surface area contributed by atoms with Gasteiger partial charge in [0.2, 0.25) is 0 Å². The van der Waals surface area contributed by atoms with Crippen LogP contribution in [0.25, 0.3) is 0 Å². The van der Waals surface area contributed by atoms with Gasteiger partial charge in [0.15, 0.2) is 0 Å². The van der Waals surface area contributed by atoms with Gasteiger partial charge in [-0.25, -0.2) is 0 Å². The summed E-state index contributed by atoms with van der Waals surface area (Å²) >= 11 is 0. The number of hydrogen-bond acceptors (Lipinski definition) is 3. The molecule has 14 heavy (non-hydrogen) atoms. The molecular weight excluding hydrogens is 180 g/mol. The third kappa shape index (κ3) is 1.15. The highest BCUT2D eigenvalue weighted by Gasteiger charge is 2.50. The molecule has 3 heteroatoms. The topological polar surface area (TPSA) is 35.5 Å². The van der Waals surface area contributed by atoms with Gasteiger partial charge in [0, 0.05) is 6.42 Å². The maximum Gasteiger partial charge on any atom is 0.319 e. The third-order valence-corrected chi connectivity index (χ3v) is 3.00. The number of rotatable bonds is 1. The van der Waals surface area contributed by atoms with Crippen molar-refractivity contribution in [2.75, 3.05) is 7.11 Å². The van der Waals surface area contributed by atoms with E-state index in [0.717, 1.165) is 6.42 Å². The molecule has 76 valence electrons. The molecule has 0 radical (unpaired) electrons. The van der Waals surface area contributed by atoms with Crippen LogP contribution in [-0.4, -0.2) is 19.2 Å². The highest BCUT2D eigenvalue weighted by Crippen LogP contribution is 2.44. The zero-order valence-electron chi connectivity index (χ0n) is 8.45. The minimum Gasteiger partial charge on any atom is -0.496 e. The molecule has 0 aromatic carbocycles.